The normalized spacial score (nSPS) is 10.2. The minimum atomic E-state index is -0.689. The van der Waals surface area contributed by atoms with Crippen LogP contribution in [0.1, 0.15) is 25.8 Å². The molecule has 0 heterocycles. The molecule has 0 saturated heterocycles. The molecule has 0 spiro atoms. The van der Waals surface area contributed by atoms with Crippen LogP contribution in [0.4, 0.5) is 5.69 Å². The summed E-state index contributed by atoms with van der Waals surface area (Å²) in [5.74, 6) is -0.519. The number of para-hydroxylation sites is 3. The number of ether oxygens (including phenoxy) is 3. The number of nitrogens with zero attached hydrogens (tertiary/aromatic N) is 1. The Bertz CT molecular complexity index is 915. The van der Waals surface area contributed by atoms with Gasteiger partial charge in [-0.05, 0) is 44.0 Å². The minimum absolute atomic E-state index is 0.128. The number of rotatable bonds is 12. The van der Waals surface area contributed by atoms with Crippen LogP contribution in [0.2, 0.25) is 0 Å². The van der Waals surface area contributed by atoms with E-state index in [0.29, 0.717) is 36.8 Å². The number of hydrogen-bond donors (Lipinski definition) is 1. The third kappa shape index (κ3) is 7.94. The molecule has 2 aromatic carbocycles. The molecule has 0 unspecified atom stereocenters. The lowest BCUT2D eigenvalue weighted by atomic mass is 10.2. The molecule has 8 nitrogen and oxygen atoms in total. The minimum Gasteiger partial charge on any atom is -0.490 e. The van der Waals surface area contributed by atoms with Crippen LogP contribution >= 0.6 is 0 Å². The molecule has 0 aliphatic carbocycles. The number of amides is 2. The van der Waals surface area contributed by atoms with Gasteiger partial charge in [-0.2, -0.15) is 0 Å². The van der Waals surface area contributed by atoms with Crippen LogP contribution in [0, 0.1) is 6.92 Å². The van der Waals surface area contributed by atoms with Gasteiger partial charge in [0.25, 0.3) is 5.91 Å². The van der Waals surface area contributed by atoms with Crippen LogP contribution in [-0.4, -0.2) is 55.6 Å². The number of benzene rings is 2. The summed E-state index contributed by atoms with van der Waals surface area (Å²) in [5.41, 5.74) is 1.62. The maximum Gasteiger partial charge on any atom is 0.344 e. The summed E-state index contributed by atoms with van der Waals surface area (Å²) in [5, 5.41) is 2.80. The maximum absolute atomic E-state index is 12.5. The summed E-state index contributed by atoms with van der Waals surface area (Å²) < 4.78 is 15.9. The van der Waals surface area contributed by atoms with E-state index in [0.717, 1.165) is 5.56 Å². The molecule has 0 radical (unpaired) electrons. The molecule has 0 atom stereocenters. The molecule has 0 bridgehead atoms. The van der Waals surface area contributed by atoms with Crippen LogP contribution in [-0.2, 0) is 19.1 Å². The van der Waals surface area contributed by atoms with Gasteiger partial charge in [-0.25, -0.2) is 4.79 Å². The Hall–Kier alpha value is -3.55. The lowest BCUT2D eigenvalue weighted by Crippen LogP contribution is -2.41. The quantitative estimate of drug-likeness (QED) is 0.508. The molecule has 0 saturated carbocycles. The van der Waals surface area contributed by atoms with Crippen molar-refractivity contribution >= 4 is 23.5 Å². The SMILES string of the molecule is CCCN(CC(=O)Nc1ccccc1C)C(=O)COC(=O)COc1ccccc1OCC. The fraction of sp³-hybridized carbons (Fsp3) is 0.375. The Morgan fingerprint density at radius 3 is 2.22 bits per heavy atom. The van der Waals surface area contributed by atoms with Gasteiger partial charge >= 0.3 is 5.97 Å². The molecule has 0 aliphatic heterocycles. The smallest absolute Gasteiger partial charge is 0.344 e. The van der Waals surface area contributed by atoms with Crippen molar-refractivity contribution in [3.8, 4) is 11.5 Å². The van der Waals surface area contributed by atoms with Crippen LogP contribution in [0.25, 0.3) is 0 Å². The topological polar surface area (TPSA) is 94.2 Å². The number of aryl methyl sites for hydroxylation is 1. The lowest BCUT2D eigenvalue weighted by Gasteiger charge is -2.21. The largest absolute Gasteiger partial charge is 0.490 e. The fourth-order valence-electron chi connectivity index (χ4n) is 2.89. The third-order valence-corrected chi connectivity index (χ3v) is 4.45. The molecule has 8 heteroatoms. The van der Waals surface area contributed by atoms with E-state index in [2.05, 4.69) is 5.32 Å². The van der Waals surface area contributed by atoms with Crippen molar-refractivity contribution in [1.82, 2.24) is 4.90 Å². The first kappa shape index (κ1) is 24.7. The highest BCUT2D eigenvalue weighted by Gasteiger charge is 2.19. The molecule has 2 aromatic rings. The van der Waals surface area contributed by atoms with E-state index in [-0.39, 0.29) is 19.1 Å². The number of anilines is 1. The van der Waals surface area contributed by atoms with Crippen molar-refractivity contribution in [1.29, 1.82) is 0 Å². The van der Waals surface area contributed by atoms with Crippen molar-refractivity contribution < 1.29 is 28.6 Å². The molecular weight excluding hydrogens is 412 g/mol. The van der Waals surface area contributed by atoms with Gasteiger partial charge in [-0.1, -0.05) is 37.3 Å². The van der Waals surface area contributed by atoms with Crippen molar-refractivity contribution in [2.24, 2.45) is 0 Å². The summed E-state index contributed by atoms with van der Waals surface area (Å²) >= 11 is 0. The monoisotopic (exact) mass is 442 g/mol. The lowest BCUT2D eigenvalue weighted by molar-refractivity contribution is -0.154. The fourth-order valence-corrected chi connectivity index (χ4v) is 2.89. The summed E-state index contributed by atoms with van der Waals surface area (Å²) in [6.07, 6.45) is 0.661. The predicted octanol–water partition coefficient (Wildman–Crippen LogP) is 3.19. The number of carbonyl (C=O) groups is 3. The van der Waals surface area contributed by atoms with Gasteiger partial charge in [0.05, 0.1) is 13.2 Å². The first-order chi connectivity index (χ1) is 15.4. The van der Waals surface area contributed by atoms with Gasteiger partial charge < -0.3 is 24.4 Å². The van der Waals surface area contributed by atoms with Gasteiger partial charge in [0.2, 0.25) is 5.91 Å². The van der Waals surface area contributed by atoms with Gasteiger partial charge in [0, 0.05) is 12.2 Å². The summed E-state index contributed by atoms with van der Waals surface area (Å²) in [6, 6.07) is 14.4. The van der Waals surface area contributed by atoms with E-state index < -0.39 is 18.5 Å². The number of nitrogens with one attached hydrogen (secondary N) is 1. The van der Waals surface area contributed by atoms with E-state index in [1.165, 1.54) is 4.90 Å². The molecular formula is C24H30N2O6. The van der Waals surface area contributed by atoms with Crippen molar-refractivity contribution in [2.45, 2.75) is 27.2 Å². The average Bonchev–Trinajstić information content (AvgIpc) is 2.78. The van der Waals surface area contributed by atoms with Crippen molar-refractivity contribution in [2.75, 3.05) is 38.2 Å². The van der Waals surface area contributed by atoms with E-state index in [1.807, 2.05) is 39.0 Å². The van der Waals surface area contributed by atoms with E-state index in [9.17, 15) is 14.4 Å². The Balaban J connectivity index is 1.83. The highest BCUT2D eigenvalue weighted by molar-refractivity contribution is 5.95. The number of esters is 1. The second kappa shape index (κ2) is 13.0. The Kier molecular flexibility index (Phi) is 10.0. The molecule has 0 fully saturated rings. The second-order valence-electron chi connectivity index (χ2n) is 7.01. The molecule has 2 amide bonds. The van der Waals surface area contributed by atoms with Crippen molar-refractivity contribution in [3.05, 3.63) is 54.1 Å². The Morgan fingerprint density at radius 2 is 1.56 bits per heavy atom. The third-order valence-electron chi connectivity index (χ3n) is 4.45. The van der Waals surface area contributed by atoms with E-state index in [4.69, 9.17) is 14.2 Å². The molecule has 172 valence electrons. The predicted molar refractivity (Wildman–Crippen MR) is 121 cm³/mol. The average molecular weight is 443 g/mol. The highest BCUT2D eigenvalue weighted by atomic mass is 16.6. The number of carbonyl (C=O) groups excluding carboxylic acids is 3. The number of hydrogen-bond acceptors (Lipinski definition) is 6. The first-order valence-corrected chi connectivity index (χ1v) is 10.6. The standard InChI is InChI=1S/C24H30N2O6/c1-4-14-26(15-22(27)25-19-11-7-6-10-18(19)3)23(28)16-32-24(29)17-31-21-13-9-8-12-20(21)30-5-2/h6-13H,4-5,14-17H2,1-3H3,(H,25,27). The molecule has 32 heavy (non-hydrogen) atoms. The summed E-state index contributed by atoms with van der Waals surface area (Å²) in [4.78, 5) is 38.3. The Morgan fingerprint density at radius 1 is 0.906 bits per heavy atom. The molecule has 2 rings (SSSR count). The van der Waals surface area contributed by atoms with Crippen LogP contribution in [0.3, 0.4) is 0 Å². The first-order valence-electron chi connectivity index (χ1n) is 10.6. The molecule has 1 N–H and O–H groups in total. The van der Waals surface area contributed by atoms with Gasteiger partial charge in [-0.15, -0.1) is 0 Å². The van der Waals surface area contributed by atoms with Crippen molar-refractivity contribution in [3.63, 3.8) is 0 Å². The maximum atomic E-state index is 12.5. The van der Waals surface area contributed by atoms with Gasteiger partial charge in [0.1, 0.15) is 0 Å². The zero-order valence-electron chi connectivity index (χ0n) is 18.8. The highest BCUT2D eigenvalue weighted by Crippen LogP contribution is 2.26. The molecule has 0 aliphatic rings. The summed E-state index contributed by atoms with van der Waals surface area (Å²) in [6.45, 7) is 5.51. The van der Waals surface area contributed by atoms with Crippen LogP contribution in [0.15, 0.2) is 48.5 Å². The second-order valence-corrected chi connectivity index (χ2v) is 7.01. The molecule has 0 aromatic heterocycles. The van der Waals surface area contributed by atoms with Crippen LogP contribution in [0.5, 0.6) is 11.5 Å². The zero-order chi connectivity index (χ0) is 23.3. The zero-order valence-corrected chi connectivity index (χ0v) is 18.8. The summed E-state index contributed by atoms with van der Waals surface area (Å²) in [7, 11) is 0. The van der Waals surface area contributed by atoms with E-state index in [1.54, 1.807) is 30.3 Å². The van der Waals surface area contributed by atoms with Gasteiger partial charge in [0.15, 0.2) is 24.7 Å². The van der Waals surface area contributed by atoms with Gasteiger partial charge in [-0.3, -0.25) is 9.59 Å². The van der Waals surface area contributed by atoms with E-state index >= 15 is 0 Å². The van der Waals surface area contributed by atoms with Crippen LogP contribution < -0.4 is 14.8 Å². The Labute approximate surface area is 188 Å².